The molecule has 106 valence electrons. The monoisotopic (exact) mass is 280 g/mol. The molecule has 0 amide bonds. The molecule has 21 heavy (non-hydrogen) atoms. The van der Waals surface area contributed by atoms with Crippen LogP contribution in [0, 0.1) is 13.8 Å². The molecule has 0 radical (unpaired) electrons. The third-order valence-electron chi connectivity index (χ3n) is 3.72. The highest BCUT2D eigenvalue weighted by molar-refractivity contribution is 5.96. The van der Waals surface area contributed by atoms with Crippen LogP contribution in [0.15, 0.2) is 51.7 Å². The number of aliphatic hydroxyl groups is 1. The molecule has 0 unspecified atom stereocenters. The van der Waals surface area contributed by atoms with Crippen molar-refractivity contribution in [2.45, 2.75) is 20.5 Å². The van der Waals surface area contributed by atoms with Crippen LogP contribution in [0.25, 0.3) is 22.1 Å². The topological polar surface area (TPSA) is 50.4 Å². The molecule has 3 aromatic rings. The molecule has 1 heterocycles. The lowest BCUT2D eigenvalue weighted by molar-refractivity contribution is 0.281. The van der Waals surface area contributed by atoms with Gasteiger partial charge in [0.2, 0.25) is 0 Å². The van der Waals surface area contributed by atoms with Crippen LogP contribution in [0.2, 0.25) is 0 Å². The SMILES string of the molecule is Cc1ccccc1-c1cc(=O)oc2cc(CO)cc(C)c12. The summed E-state index contributed by atoms with van der Waals surface area (Å²) in [7, 11) is 0. The first-order chi connectivity index (χ1) is 10.1. The lowest BCUT2D eigenvalue weighted by Gasteiger charge is -2.11. The summed E-state index contributed by atoms with van der Waals surface area (Å²) in [6, 6.07) is 13.1. The molecule has 0 atom stereocenters. The van der Waals surface area contributed by atoms with Crippen LogP contribution >= 0.6 is 0 Å². The number of aliphatic hydroxyl groups excluding tert-OH is 1. The summed E-state index contributed by atoms with van der Waals surface area (Å²) in [5.41, 5.74) is 4.87. The van der Waals surface area contributed by atoms with Crippen LogP contribution in [0.1, 0.15) is 16.7 Å². The molecule has 3 nitrogen and oxygen atoms in total. The first kappa shape index (κ1) is 13.6. The van der Waals surface area contributed by atoms with E-state index >= 15 is 0 Å². The smallest absolute Gasteiger partial charge is 0.336 e. The maximum Gasteiger partial charge on any atom is 0.336 e. The normalized spacial score (nSPS) is 11.0. The van der Waals surface area contributed by atoms with Crippen molar-refractivity contribution in [2.24, 2.45) is 0 Å². The molecule has 0 bridgehead atoms. The molecule has 3 rings (SSSR count). The van der Waals surface area contributed by atoms with Crippen molar-refractivity contribution in [3.63, 3.8) is 0 Å². The summed E-state index contributed by atoms with van der Waals surface area (Å²) in [6.07, 6.45) is 0. The Morgan fingerprint density at radius 1 is 1.00 bits per heavy atom. The molecule has 0 aliphatic rings. The van der Waals surface area contributed by atoms with E-state index < -0.39 is 0 Å². The Labute approximate surface area is 122 Å². The second-order valence-electron chi connectivity index (χ2n) is 5.24. The standard InChI is InChI=1S/C18H16O3/c1-11-5-3-4-6-14(11)15-9-17(20)21-16-8-13(10-19)7-12(2)18(15)16/h3-9,19H,10H2,1-2H3. The number of hydrogen-bond acceptors (Lipinski definition) is 3. The zero-order valence-electron chi connectivity index (χ0n) is 12.0. The molecule has 0 saturated carbocycles. The predicted molar refractivity (Wildman–Crippen MR) is 83.3 cm³/mol. The van der Waals surface area contributed by atoms with Gasteiger partial charge >= 0.3 is 5.63 Å². The minimum atomic E-state index is -0.379. The Morgan fingerprint density at radius 2 is 1.76 bits per heavy atom. The maximum atomic E-state index is 11.9. The lowest BCUT2D eigenvalue weighted by Crippen LogP contribution is -2.01. The molecule has 0 fully saturated rings. The van der Waals surface area contributed by atoms with Gasteiger partial charge in [-0.2, -0.15) is 0 Å². The molecule has 1 N–H and O–H groups in total. The Kier molecular flexibility index (Phi) is 3.35. The van der Waals surface area contributed by atoms with Gasteiger partial charge in [-0.15, -0.1) is 0 Å². The summed E-state index contributed by atoms with van der Waals surface area (Å²) in [5, 5.41) is 10.2. The fourth-order valence-corrected chi connectivity index (χ4v) is 2.76. The van der Waals surface area contributed by atoms with Crippen molar-refractivity contribution in [3.8, 4) is 11.1 Å². The molecular weight excluding hydrogens is 264 g/mol. The van der Waals surface area contributed by atoms with Crippen LogP contribution in [0.4, 0.5) is 0 Å². The molecule has 0 aliphatic heterocycles. The van der Waals surface area contributed by atoms with Crippen LogP contribution in [0.3, 0.4) is 0 Å². The third-order valence-corrected chi connectivity index (χ3v) is 3.72. The lowest BCUT2D eigenvalue weighted by atomic mass is 9.95. The highest BCUT2D eigenvalue weighted by Crippen LogP contribution is 2.32. The van der Waals surface area contributed by atoms with E-state index in [-0.39, 0.29) is 12.2 Å². The van der Waals surface area contributed by atoms with Gasteiger partial charge in [0.25, 0.3) is 0 Å². The Bertz CT molecular complexity index is 875. The summed E-state index contributed by atoms with van der Waals surface area (Å²) < 4.78 is 5.32. The van der Waals surface area contributed by atoms with Gasteiger partial charge in [-0.3, -0.25) is 0 Å². The van der Waals surface area contributed by atoms with E-state index in [2.05, 4.69) is 0 Å². The van der Waals surface area contributed by atoms with Gasteiger partial charge < -0.3 is 9.52 Å². The Balaban J connectivity index is 2.43. The summed E-state index contributed by atoms with van der Waals surface area (Å²) >= 11 is 0. The quantitative estimate of drug-likeness (QED) is 0.730. The van der Waals surface area contributed by atoms with E-state index in [0.29, 0.717) is 5.58 Å². The predicted octanol–water partition coefficient (Wildman–Crippen LogP) is 3.57. The summed E-state index contributed by atoms with van der Waals surface area (Å²) in [6.45, 7) is 3.91. The molecule has 0 saturated heterocycles. The first-order valence-corrected chi connectivity index (χ1v) is 6.84. The van der Waals surface area contributed by atoms with Gasteiger partial charge in [-0.25, -0.2) is 4.79 Å². The van der Waals surface area contributed by atoms with Crippen molar-refractivity contribution in [1.82, 2.24) is 0 Å². The van der Waals surface area contributed by atoms with Crippen LogP contribution in [-0.4, -0.2) is 5.11 Å². The largest absolute Gasteiger partial charge is 0.423 e. The van der Waals surface area contributed by atoms with Crippen LogP contribution < -0.4 is 5.63 Å². The summed E-state index contributed by atoms with van der Waals surface area (Å²) in [4.78, 5) is 11.9. The number of aryl methyl sites for hydroxylation is 2. The average Bonchev–Trinajstić information content (AvgIpc) is 2.46. The van der Waals surface area contributed by atoms with E-state index in [0.717, 1.165) is 33.2 Å². The molecule has 0 spiro atoms. The Morgan fingerprint density at radius 3 is 2.48 bits per heavy atom. The minimum Gasteiger partial charge on any atom is -0.423 e. The fourth-order valence-electron chi connectivity index (χ4n) is 2.76. The van der Waals surface area contributed by atoms with Crippen molar-refractivity contribution in [1.29, 1.82) is 0 Å². The molecule has 1 aromatic heterocycles. The van der Waals surface area contributed by atoms with Crippen molar-refractivity contribution in [2.75, 3.05) is 0 Å². The highest BCUT2D eigenvalue weighted by Gasteiger charge is 2.12. The second kappa shape index (κ2) is 5.19. The maximum absolute atomic E-state index is 11.9. The van der Waals surface area contributed by atoms with Gasteiger partial charge in [-0.05, 0) is 42.2 Å². The van der Waals surface area contributed by atoms with Crippen molar-refractivity contribution < 1.29 is 9.52 Å². The second-order valence-corrected chi connectivity index (χ2v) is 5.24. The average molecular weight is 280 g/mol. The number of benzene rings is 2. The highest BCUT2D eigenvalue weighted by atomic mass is 16.4. The molecule has 3 heteroatoms. The number of hydrogen-bond donors (Lipinski definition) is 1. The third kappa shape index (κ3) is 2.36. The Hall–Kier alpha value is -2.39. The van der Waals surface area contributed by atoms with Crippen LogP contribution in [-0.2, 0) is 6.61 Å². The van der Waals surface area contributed by atoms with Gasteiger partial charge in [0, 0.05) is 17.0 Å². The number of rotatable bonds is 2. The van der Waals surface area contributed by atoms with E-state index in [9.17, 15) is 9.90 Å². The van der Waals surface area contributed by atoms with Crippen molar-refractivity contribution >= 4 is 11.0 Å². The van der Waals surface area contributed by atoms with E-state index in [1.54, 1.807) is 6.07 Å². The van der Waals surface area contributed by atoms with E-state index in [1.807, 2.05) is 44.2 Å². The zero-order chi connectivity index (χ0) is 15.0. The van der Waals surface area contributed by atoms with Crippen molar-refractivity contribution in [3.05, 3.63) is 69.6 Å². The van der Waals surface area contributed by atoms with E-state index in [1.165, 1.54) is 6.07 Å². The molecule has 0 aliphatic carbocycles. The van der Waals surface area contributed by atoms with Gasteiger partial charge in [0.15, 0.2) is 0 Å². The minimum absolute atomic E-state index is 0.0743. The fraction of sp³-hybridized carbons (Fsp3) is 0.167. The molecular formula is C18H16O3. The van der Waals surface area contributed by atoms with Gasteiger partial charge in [-0.1, -0.05) is 30.3 Å². The van der Waals surface area contributed by atoms with Crippen LogP contribution in [0.5, 0.6) is 0 Å². The number of fused-ring (bicyclic) bond motifs is 1. The van der Waals surface area contributed by atoms with Gasteiger partial charge in [0.1, 0.15) is 5.58 Å². The zero-order valence-corrected chi connectivity index (χ0v) is 12.0. The van der Waals surface area contributed by atoms with E-state index in [4.69, 9.17) is 4.42 Å². The molecule has 2 aromatic carbocycles. The first-order valence-electron chi connectivity index (χ1n) is 6.84. The van der Waals surface area contributed by atoms with Gasteiger partial charge in [0.05, 0.1) is 6.61 Å². The summed E-state index contributed by atoms with van der Waals surface area (Å²) in [5.74, 6) is 0.